The first kappa shape index (κ1) is 9.51. The van der Waals surface area contributed by atoms with Gasteiger partial charge in [0.15, 0.2) is 11.6 Å². The maximum Gasteiger partial charge on any atom is 0.263 e. The molecule has 1 aromatic carbocycles. The van der Waals surface area contributed by atoms with Gasteiger partial charge in [0, 0.05) is 10.1 Å². The van der Waals surface area contributed by atoms with Crippen molar-refractivity contribution in [2.45, 2.75) is 6.92 Å². The van der Waals surface area contributed by atoms with Crippen LogP contribution in [0.25, 0.3) is 5.57 Å². The van der Waals surface area contributed by atoms with Gasteiger partial charge in [-0.05, 0) is 18.6 Å². The summed E-state index contributed by atoms with van der Waals surface area (Å²) in [4.78, 5) is 10.3. The van der Waals surface area contributed by atoms with Crippen molar-refractivity contribution in [2.24, 2.45) is 0 Å². The van der Waals surface area contributed by atoms with Crippen LogP contribution in [0.15, 0.2) is 18.7 Å². The van der Waals surface area contributed by atoms with Gasteiger partial charge in [-0.25, -0.2) is 8.78 Å². The molecule has 13 heavy (non-hydrogen) atoms. The largest absolute Gasteiger partial charge is 0.263 e. The Morgan fingerprint density at radius 3 is 2.38 bits per heavy atom. The zero-order chi connectivity index (χ0) is 10.0. The normalized spacial score (nSPS) is 9.77. The molecule has 1 N–H and O–H groups in total. The van der Waals surface area contributed by atoms with Crippen LogP contribution in [-0.4, -0.2) is 0 Å². The van der Waals surface area contributed by atoms with Gasteiger partial charge in [0.2, 0.25) is 0 Å². The number of hydrogen-bond acceptors (Lipinski definition) is 1. The molecule has 68 valence electrons. The van der Waals surface area contributed by atoms with Crippen molar-refractivity contribution in [3.8, 4) is 0 Å². The number of allylic oxidation sites excluding steroid dienone is 1. The zero-order valence-electron chi connectivity index (χ0n) is 7.03. The fourth-order valence-corrected chi connectivity index (χ4v) is 0.984. The fraction of sp³-hybridized carbons (Fsp3) is 0.111. The highest BCUT2D eigenvalue weighted by Gasteiger charge is 2.14. The van der Waals surface area contributed by atoms with Gasteiger partial charge in [-0.1, -0.05) is 6.58 Å². The van der Waals surface area contributed by atoms with Crippen LogP contribution in [0.1, 0.15) is 12.5 Å². The highest BCUT2D eigenvalue weighted by molar-refractivity contribution is 5.69. The second kappa shape index (κ2) is 3.43. The van der Waals surface area contributed by atoms with Gasteiger partial charge in [0.25, 0.3) is 5.69 Å². The Morgan fingerprint density at radius 1 is 1.38 bits per heavy atom. The molecule has 0 radical (unpaired) electrons. The van der Waals surface area contributed by atoms with Gasteiger partial charge >= 0.3 is 0 Å². The fourth-order valence-electron chi connectivity index (χ4n) is 0.984. The number of rotatable bonds is 2. The molecule has 2 nitrogen and oxygen atoms in total. The molecule has 0 saturated heterocycles. The summed E-state index contributed by atoms with van der Waals surface area (Å²) in [6.45, 7) is 5.14. The Morgan fingerprint density at radius 2 is 1.92 bits per heavy atom. The number of nitroso groups, excluding NO2 is 1. The van der Waals surface area contributed by atoms with E-state index in [-0.39, 0.29) is 11.3 Å². The lowest BCUT2D eigenvalue weighted by Crippen LogP contribution is -2.56. The van der Waals surface area contributed by atoms with Gasteiger partial charge in [-0.3, -0.25) is 0 Å². The molecule has 0 aliphatic rings. The minimum Gasteiger partial charge on any atom is -0.204 e. The van der Waals surface area contributed by atoms with Gasteiger partial charge in [0.1, 0.15) is 0 Å². The summed E-state index contributed by atoms with van der Waals surface area (Å²) in [5.74, 6) is -2.04. The predicted molar refractivity (Wildman–Crippen MR) is 45.1 cm³/mol. The van der Waals surface area contributed by atoms with Gasteiger partial charge in [-0.15, -0.1) is 0 Å². The first-order valence-corrected chi connectivity index (χ1v) is 3.59. The topological polar surface area (TPSA) is 31.0 Å². The van der Waals surface area contributed by atoms with Crippen molar-refractivity contribution >= 4 is 11.3 Å². The molecule has 0 unspecified atom stereocenters. The second-order valence-electron chi connectivity index (χ2n) is 2.69. The van der Waals surface area contributed by atoms with Crippen molar-refractivity contribution in [2.75, 3.05) is 0 Å². The molecule has 4 heteroatoms. The SMILES string of the molecule is C=C(C)c1cc(F)c(F)cc1[NH+]=O. The summed E-state index contributed by atoms with van der Waals surface area (Å²) in [5, 5.41) is 1.53. The van der Waals surface area contributed by atoms with E-state index in [2.05, 4.69) is 6.58 Å². The lowest BCUT2D eigenvalue weighted by Gasteiger charge is -1.99. The Kier molecular flexibility index (Phi) is 2.51. The molecule has 0 spiro atoms. The molecule has 0 saturated carbocycles. The predicted octanol–water partition coefficient (Wildman–Crippen LogP) is 1.48. The maximum absolute atomic E-state index is 12.7. The zero-order valence-corrected chi connectivity index (χ0v) is 7.03. The van der Waals surface area contributed by atoms with E-state index in [4.69, 9.17) is 0 Å². The Balaban J connectivity index is 3.41. The first-order valence-electron chi connectivity index (χ1n) is 3.59. The average Bonchev–Trinajstić information content (AvgIpc) is 2.08. The Bertz CT molecular complexity index is 374. The third kappa shape index (κ3) is 1.77. The van der Waals surface area contributed by atoms with Gasteiger partial charge in [0.05, 0.1) is 11.6 Å². The quantitative estimate of drug-likeness (QED) is 0.741. The monoisotopic (exact) mass is 184 g/mol. The minimum absolute atomic E-state index is 0.00796. The maximum atomic E-state index is 12.7. The number of halogens is 2. The third-order valence-corrected chi connectivity index (χ3v) is 1.63. The highest BCUT2D eigenvalue weighted by Crippen LogP contribution is 2.21. The van der Waals surface area contributed by atoms with E-state index in [1.807, 2.05) is 0 Å². The van der Waals surface area contributed by atoms with Gasteiger partial charge < -0.3 is 0 Å². The van der Waals surface area contributed by atoms with Crippen LogP contribution in [0.4, 0.5) is 14.5 Å². The number of benzene rings is 1. The molecule has 0 atom stereocenters. The minimum atomic E-state index is -1.05. The molecular formula is C9H8F2NO+. The summed E-state index contributed by atoms with van der Waals surface area (Å²) in [6, 6.07) is 1.75. The average molecular weight is 184 g/mol. The van der Waals surface area contributed by atoms with E-state index in [9.17, 15) is 13.7 Å². The van der Waals surface area contributed by atoms with E-state index in [1.165, 1.54) is 5.18 Å². The van der Waals surface area contributed by atoms with Crippen LogP contribution in [0.5, 0.6) is 0 Å². The standard InChI is InChI=1S/C9H7F2NO/c1-5(2)6-3-7(10)8(11)4-9(6)12-13/h3-4H,1H2,2H3/p+1. The summed E-state index contributed by atoms with van der Waals surface area (Å²) >= 11 is 0. The smallest absolute Gasteiger partial charge is 0.204 e. The third-order valence-electron chi connectivity index (χ3n) is 1.63. The molecule has 0 heterocycles. The number of hydrogen-bond donors (Lipinski definition) is 1. The molecule has 0 amide bonds. The summed E-state index contributed by atoms with van der Waals surface area (Å²) in [5.41, 5.74) is 0.776. The number of nitrogens with one attached hydrogen (secondary N) is 1. The first-order chi connectivity index (χ1) is 6.06. The molecule has 1 aromatic rings. The van der Waals surface area contributed by atoms with E-state index in [1.54, 1.807) is 6.92 Å². The summed E-state index contributed by atoms with van der Waals surface area (Å²) < 4.78 is 25.3. The molecule has 0 aliphatic carbocycles. The van der Waals surface area contributed by atoms with Crippen LogP contribution in [0, 0.1) is 16.5 Å². The molecule has 1 rings (SSSR count). The molecule has 0 bridgehead atoms. The van der Waals surface area contributed by atoms with E-state index in [0.717, 1.165) is 12.1 Å². The van der Waals surface area contributed by atoms with Crippen LogP contribution < -0.4 is 5.18 Å². The van der Waals surface area contributed by atoms with Crippen LogP contribution in [-0.2, 0) is 0 Å². The van der Waals surface area contributed by atoms with E-state index >= 15 is 0 Å². The van der Waals surface area contributed by atoms with Crippen molar-refractivity contribution in [1.82, 2.24) is 0 Å². The van der Waals surface area contributed by atoms with Gasteiger partial charge in [-0.2, -0.15) is 0 Å². The Hall–Kier alpha value is -1.58. The molecular weight excluding hydrogens is 176 g/mol. The lowest BCUT2D eigenvalue weighted by molar-refractivity contribution is -0.379. The second-order valence-corrected chi connectivity index (χ2v) is 2.69. The molecule has 0 aromatic heterocycles. The lowest BCUT2D eigenvalue weighted by atomic mass is 10.1. The van der Waals surface area contributed by atoms with E-state index in [0.29, 0.717) is 5.57 Å². The Labute approximate surface area is 73.9 Å². The van der Waals surface area contributed by atoms with Crippen molar-refractivity contribution in [3.05, 3.63) is 40.8 Å². The summed E-state index contributed by atoms with van der Waals surface area (Å²) in [6.07, 6.45) is 0. The highest BCUT2D eigenvalue weighted by atomic mass is 19.2. The van der Waals surface area contributed by atoms with Crippen LogP contribution >= 0.6 is 0 Å². The molecule has 0 aliphatic heterocycles. The molecule has 0 fully saturated rings. The van der Waals surface area contributed by atoms with Crippen molar-refractivity contribution in [3.63, 3.8) is 0 Å². The van der Waals surface area contributed by atoms with Crippen molar-refractivity contribution < 1.29 is 14.0 Å². The summed E-state index contributed by atoms with van der Waals surface area (Å²) in [7, 11) is 0. The van der Waals surface area contributed by atoms with Crippen LogP contribution in [0.3, 0.4) is 0 Å². The van der Waals surface area contributed by atoms with E-state index < -0.39 is 11.6 Å². The van der Waals surface area contributed by atoms with Crippen molar-refractivity contribution in [1.29, 1.82) is 0 Å². The van der Waals surface area contributed by atoms with Crippen LogP contribution in [0.2, 0.25) is 0 Å².